The quantitative estimate of drug-likeness (QED) is 0.139. The number of para-hydroxylation sites is 3. The fourth-order valence-electron chi connectivity index (χ4n) is 9.41. The summed E-state index contributed by atoms with van der Waals surface area (Å²) in [7, 11) is 0. The molecule has 0 radical (unpaired) electrons. The second-order valence-electron chi connectivity index (χ2n) is 17.4. The van der Waals surface area contributed by atoms with Crippen molar-refractivity contribution < 1.29 is 26.2 Å². The van der Waals surface area contributed by atoms with Gasteiger partial charge in [-0.2, -0.15) is 0 Å². The Morgan fingerprint density at radius 1 is 0.441 bits per heavy atom. The van der Waals surface area contributed by atoms with E-state index in [0.29, 0.717) is 11.4 Å². The summed E-state index contributed by atoms with van der Waals surface area (Å²) >= 11 is 0. The Hall–Kier alpha value is -7.91. The Bertz CT molecular complexity index is 3480. The topological polar surface area (TPSA) is 50.9 Å². The molecule has 0 spiro atoms. The predicted octanol–water partition coefficient (Wildman–Crippen LogP) is 15.9. The van der Waals surface area contributed by atoms with Gasteiger partial charge in [-0.25, -0.2) is 4.98 Å². The van der Waals surface area contributed by atoms with E-state index in [1.807, 2.05) is 72.9 Å². The average Bonchev–Trinajstić information content (AvgIpc) is 3.79. The SMILES string of the molecule is CC(C)(c1ccccc1)c1cc(-c2cc(-c3ccccc3)ccn2)[c-]c(-c2cccc3c2nc(-c2cccc(-c4ccccc4)c2O)n3-c2c(-c3ccccc3)cccc2-c2ccccc2)c1.[Pt]. The van der Waals surface area contributed by atoms with Crippen LogP contribution in [0.1, 0.15) is 25.0 Å². The summed E-state index contributed by atoms with van der Waals surface area (Å²) in [4.78, 5) is 10.6. The molecule has 0 aliphatic heterocycles. The van der Waals surface area contributed by atoms with E-state index in [2.05, 4.69) is 188 Å². The molecule has 2 aromatic heterocycles. The van der Waals surface area contributed by atoms with Crippen LogP contribution in [-0.2, 0) is 26.5 Å². The molecular weight excluding hydrogens is 1010 g/mol. The van der Waals surface area contributed by atoms with Crippen molar-refractivity contribution in [2.75, 3.05) is 0 Å². The van der Waals surface area contributed by atoms with Gasteiger partial charge in [0.25, 0.3) is 0 Å². The van der Waals surface area contributed by atoms with Crippen LogP contribution in [0, 0.1) is 6.07 Å². The molecular formula is C63H46N3OPt-. The number of rotatable bonds is 10. The van der Waals surface area contributed by atoms with E-state index in [9.17, 15) is 5.11 Å². The first-order valence-electron chi connectivity index (χ1n) is 22.7. The number of aromatic hydroxyl groups is 1. The number of pyridine rings is 1. The van der Waals surface area contributed by atoms with Gasteiger partial charge in [0.1, 0.15) is 11.6 Å². The first-order chi connectivity index (χ1) is 32.9. The normalized spacial score (nSPS) is 11.3. The fraction of sp³-hybridized carbons (Fsp3) is 0.0476. The van der Waals surface area contributed by atoms with Crippen molar-refractivity contribution in [3.63, 3.8) is 0 Å². The van der Waals surface area contributed by atoms with Crippen LogP contribution >= 0.6 is 0 Å². The maximum Gasteiger partial charge on any atom is 0.148 e. The van der Waals surface area contributed by atoms with Gasteiger partial charge < -0.3 is 5.11 Å². The predicted molar refractivity (Wildman–Crippen MR) is 276 cm³/mol. The van der Waals surface area contributed by atoms with Crippen molar-refractivity contribution in [1.29, 1.82) is 0 Å². The molecule has 68 heavy (non-hydrogen) atoms. The van der Waals surface area contributed by atoms with E-state index >= 15 is 0 Å². The largest absolute Gasteiger partial charge is 0.507 e. The maximum absolute atomic E-state index is 12.5. The summed E-state index contributed by atoms with van der Waals surface area (Å²) < 4.78 is 2.26. The first kappa shape index (κ1) is 44.0. The number of hydrogen-bond acceptors (Lipinski definition) is 3. The molecule has 0 fully saturated rings. The van der Waals surface area contributed by atoms with Gasteiger partial charge in [-0.15, -0.1) is 29.3 Å². The minimum atomic E-state index is -0.377. The summed E-state index contributed by atoms with van der Waals surface area (Å²) in [6.45, 7) is 4.56. The minimum Gasteiger partial charge on any atom is -0.507 e. The monoisotopic (exact) mass is 1060 g/mol. The third-order valence-corrected chi connectivity index (χ3v) is 13.0. The summed E-state index contributed by atoms with van der Waals surface area (Å²) in [5.74, 6) is 0.784. The van der Waals surface area contributed by atoms with Gasteiger partial charge in [0.15, 0.2) is 0 Å². The molecule has 0 atom stereocenters. The zero-order valence-corrected chi connectivity index (χ0v) is 39.9. The smallest absolute Gasteiger partial charge is 0.148 e. The van der Waals surface area contributed by atoms with Crippen LogP contribution in [0.4, 0.5) is 0 Å². The van der Waals surface area contributed by atoms with Gasteiger partial charge >= 0.3 is 0 Å². The molecule has 5 heteroatoms. The van der Waals surface area contributed by atoms with Gasteiger partial charge in [0.2, 0.25) is 0 Å². The molecule has 0 amide bonds. The number of fused-ring (bicyclic) bond motifs is 1. The number of aromatic nitrogens is 3. The molecule has 2 heterocycles. The van der Waals surface area contributed by atoms with Crippen LogP contribution in [0.25, 0.3) is 95.0 Å². The van der Waals surface area contributed by atoms with Gasteiger partial charge in [0.05, 0.1) is 22.3 Å². The van der Waals surface area contributed by atoms with Gasteiger partial charge in [-0.3, -0.25) is 9.55 Å². The van der Waals surface area contributed by atoms with Crippen LogP contribution < -0.4 is 0 Å². The van der Waals surface area contributed by atoms with Crippen molar-refractivity contribution in [3.8, 4) is 89.7 Å². The number of nitrogens with zero attached hydrogens (tertiary/aromatic N) is 3. The van der Waals surface area contributed by atoms with Crippen molar-refractivity contribution in [1.82, 2.24) is 14.5 Å². The Balaban J connectivity index is 0.00000539. The molecule has 11 aromatic rings. The summed E-state index contributed by atoms with van der Waals surface area (Å²) in [5, 5.41) is 12.5. The zero-order chi connectivity index (χ0) is 45.3. The second kappa shape index (κ2) is 18.8. The molecule has 11 rings (SSSR count). The summed E-state index contributed by atoms with van der Waals surface area (Å²) in [6.07, 6.45) is 1.89. The van der Waals surface area contributed by atoms with E-state index in [0.717, 1.165) is 89.2 Å². The summed E-state index contributed by atoms with van der Waals surface area (Å²) in [6, 6.07) is 83.6. The van der Waals surface area contributed by atoms with Crippen LogP contribution in [0.15, 0.2) is 237 Å². The van der Waals surface area contributed by atoms with E-state index in [1.54, 1.807) is 0 Å². The van der Waals surface area contributed by atoms with Gasteiger partial charge in [-0.05, 0) is 51.6 Å². The molecule has 1 N–H and O–H groups in total. The molecule has 0 aliphatic carbocycles. The molecule has 0 unspecified atom stereocenters. The van der Waals surface area contributed by atoms with E-state index < -0.39 is 0 Å². The zero-order valence-electron chi connectivity index (χ0n) is 37.6. The van der Waals surface area contributed by atoms with Crippen LogP contribution in [0.5, 0.6) is 5.75 Å². The van der Waals surface area contributed by atoms with Crippen LogP contribution in [-0.4, -0.2) is 19.6 Å². The minimum absolute atomic E-state index is 0. The number of phenols is 1. The Kier molecular flexibility index (Phi) is 12.1. The molecule has 9 aromatic carbocycles. The molecule has 0 aliphatic rings. The van der Waals surface area contributed by atoms with Gasteiger partial charge in [-0.1, -0.05) is 225 Å². The van der Waals surface area contributed by atoms with Crippen molar-refractivity contribution in [2.24, 2.45) is 0 Å². The standard InChI is InChI=1S/C63H46N3O.Pt/c1-63(2,50-29-16-7-17-30-50)51-40-48(39-49(41-51)57-42-47(37-38-64-57)43-21-8-3-9-22-43)52-31-20-36-58-59(52)65-62(56-35-19-34-55(61(56)67)46-27-14-6-15-28-46)66(58)60-53(44-23-10-4-11-24-44)32-18-33-54(60)45-25-12-5-13-26-45;/h3-38,40-42,67H,1-2H3;/q-1;. The summed E-state index contributed by atoms with van der Waals surface area (Å²) in [5.41, 5.74) is 16.8. The van der Waals surface area contributed by atoms with Crippen molar-refractivity contribution in [3.05, 3.63) is 254 Å². The Labute approximate surface area is 412 Å². The number of phenolic OH excluding ortho intramolecular Hbond substituents is 1. The molecule has 0 bridgehead atoms. The molecule has 330 valence electrons. The Morgan fingerprint density at radius 3 is 1.53 bits per heavy atom. The first-order valence-corrected chi connectivity index (χ1v) is 22.7. The third-order valence-electron chi connectivity index (χ3n) is 13.0. The van der Waals surface area contributed by atoms with E-state index in [4.69, 9.17) is 9.97 Å². The third kappa shape index (κ3) is 8.18. The molecule has 0 saturated heterocycles. The Morgan fingerprint density at radius 2 is 0.926 bits per heavy atom. The molecule has 4 nitrogen and oxygen atoms in total. The average molecular weight is 1060 g/mol. The maximum atomic E-state index is 12.5. The number of hydrogen-bond donors (Lipinski definition) is 1. The van der Waals surface area contributed by atoms with Crippen molar-refractivity contribution >= 4 is 11.0 Å². The van der Waals surface area contributed by atoms with E-state index in [1.165, 1.54) is 5.56 Å². The number of imidazole rings is 1. The fourth-order valence-corrected chi connectivity index (χ4v) is 9.41. The van der Waals surface area contributed by atoms with Crippen molar-refractivity contribution in [2.45, 2.75) is 19.3 Å². The second-order valence-corrected chi connectivity index (χ2v) is 17.4. The van der Waals surface area contributed by atoms with Gasteiger partial charge in [0, 0.05) is 55.1 Å². The number of benzene rings is 9. The van der Waals surface area contributed by atoms with E-state index in [-0.39, 0.29) is 32.2 Å². The molecule has 0 saturated carbocycles. The van der Waals surface area contributed by atoms with Crippen LogP contribution in [0.3, 0.4) is 0 Å². The van der Waals surface area contributed by atoms with Crippen LogP contribution in [0.2, 0.25) is 0 Å².